The van der Waals surface area contributed by atoms with Gasteiger partial charge in [0.25, 0.3) is 0 Å². The van der Waals surface area contributed by atoms with Crippen LogP contribution in [-0.4, -0.2) is 70.7 Å². The molecule has 1 fully saturated rings. The molecule has 0 aromatic carbocycles. The van der Waals surface area contributed by atoms with E-state index in [0.717, 1.165) is 38.2 Å². The summed E-state index contributed by atoms with van der Waals surface area (Å²) in [5, 5.41) is 15.7. The van der Waals surface area contributed by atoms with Crippen LogP contribution in [0.25, 0.3) is 0 Å². The zero-order valence-electron chi connectivity index (χ0n) is 16.5. The lowest BCUT2D eigenvalue weighted by Crippen LogP contribution is -2.48. The Kier molecular flexibility index (Phi) is 8.71. The number of aromatic nitrogens is 1. The molecule has 9 heteroatoms. The quantitative estimate of drug-likeness (QED) is 0.721. The summed E-state index contributed by atoms with van der Waals surface area (Å²) in [6.45, 7) is 10.7. The van der Waals surface area contributed by atoms with Crippen molar-refractivity contribution in [2.45, 2.75) is 52.0 Å². The van der Waals surface area contributed by atoms with Gasteiger partial charge in [0.1, 0.15) is 0 Å². The molecule has 0 radical (unpaired) electrons. The minimum atomic E-state index is -0.796. The van der Waals surface area contributed by atoms with Crippen LogP contribution in [0.4, 0.5) is 5.88 Å². The fraction of sp³-hybridized carbons (Fsp3) is 0.722. The summed E-state index contributed by atoms with van der Waals surface area (Å²) in [6, 6.07) is 2.02. The number of amides is 1. The average molecular weight is 403 g/mol. The van der Waals surface area contributed by atoms with Crippen LogP contribution < -0.4 is 5.32 Å². The highest BCUT2D eigenvalue weighted by atomic mass is 35.5. The van der Waals surface area contributed by atoms with Crippen LogP contribution in [0.3, 0.4) is 0 Å². The second-order valence-corrected chi connectivity index (χ2v) is 7.84. The largest absolute Gasteiger partial charge is 0.480 e. The number of carbonyl (C=O) groups is 2. The van der Waals surface area contributed by atoms with Gasteiger partial charge in [-0.05, 0) is 19.4 Å². The number of likely N-dealkylation sites (N-methyl/N-ethyl adjacent to an activating group) is 1. The van der Waals surface area contributed by atoms with Crippen molar-refractivity contribution in [3.8, 4) is 0 Å². The molecule has 2 heterocycles. The van der Waals surface area contributed by atoms with E-state index in [4.69, 9.17) is 9.63 Å². The smallest absolute Gasteiger partial charge is 0.317 e. The molecule has 154 valence electrons. The van der Waals surface area contributed by atoms with E-state index in [9.17, 15) is 9.59 Å². The Morgan fingerprint density at radius 3 is 2.48 bits per heavy atom. The van der Waals surface area contributed by atoms with Crippen molar-refractivity contribution in [2.24, 2.45) is 0 Å². The fourth-order valence-electron chi connectivity index (χ4n) is 3.18. The van der Waals surface area contributed by atoms with Gasteiger partial charge in [-0.3, -0.25) is 24.7 Å². The first kappa shape index (κ1) is 23.4. The number of rotatable bonds is 7. The first-order valence-corrected chi connectivity index (χ1v) is 9.14. The van der Waals surface area contributed by atoms with Gasteiger partial charge in [0.15, 0.2) is 0 Å². The summed E-state index contributed by atoms with van der Waals surface area (Å²) in [5.41, 5.74) is 0.668. The molecule has 1 aliphatic rings. The van der Waals surface area contributed by atoms with Crippen molar-refractivity contribution in [3.05, 3.63) is 11.8 Å². The number of piperidine rings is 1. The molecular formula is C18H31ClN4O4. The van der Waals surface area contributed by atoms with Crippen LogP contribution in [0, 0.1) is 0 Å². The van der Waals surface area contributed by atoms with Crippen molar-refractivity contribution in [3.63, 3.8) is 0 Å². The van der Waals surface area contributed by atoms with Gasteiger partial charge in [0.2, 0.25) is 11.8 Å². The number of halogens is 1. The summed E-state index contributed by atoms with van der Waals surface area (Å²) >= 11 is 0. The van der Waals surface area contributed by atoms with Gasteiger partial charge in [-0.2, -0.15) is 0 Å². The number of nitrogens with zero attached hydrogens (tertiary/aromatic N) is 3. The van der Waals surface area contributed by atoms with Crippen LogP contribution >= 0.6 is 12.4 Å². The Hall–Kier alpha value is -1.64. The zero-order chi connectivity index (χ0) is 19.3. The van der Waals surface area contributed by atoms with Gasteiger partial charge in [-0.15, -0.1) is 12.4 Å². The number of nitrogens with one attached hydrogen (secondary N) is 1. The molecule has 2 N–H and O–H groups in total. The topological polar surface area (TPSA) is 98.9 Å². The number of likely N-dealkylation sites (tertiary alicyclic amines) is 1. The highest BCUT2D eigenvalue weighted by molar-refractivity contribution is 5.91. The third-order valence-electron chi connectivity index (χ3n) is 4.73. The third-order valence-corrected chi connectivity index (χ3v) is 4.73. The molecule has 1 aliphatic heterocycles. The van der Waals surface area contributed by atoms with E-state index in [2.05, 4.69) is 15.4 Å². The highest BCUT2D eigenvalue weighted by Gasteiger charge is 2.26. The molecule has 1 amide bonds. The maximum absolute atomic E-state index is 12.2. The van der Waals surface area contributed by atoms with Gasteiger partial charge in [-0.1, -0.05) is 32.9 Å². The Morgan fingerprint density at radius 1 is 1.37 bits per heavy atom. The van der Waals surface area contributed by atoms with Crippen molar-refractivity contribution >= 4 is 30.2 Å². The minimum absolute atomic E-state index is 0. The average Bonchev–Trinajstić information content (AvgIpc) is 3.02. The van der Waals surface area contributed by atoms with Crippen LogP contribution in [0.1, 0.15) is 46.2 Å². The molecular weight excluding hydrogens is 372 g/mol. The van der Waals surface area contributed by atoms with Crippen LogP contribution in [0.15, 0.2) is 10.6 Å². The lowest BCUT2D eigenvalue weighted by atomic mass is 9.92. The van der Waals surface area contributed by atoms with E-state index in [0.29, 0.717) is 12.4 Å². The summed E-state index contributed by atoms with van der Waals surface area (Å²) in [5.74, 6) is -0.554. The van der Waals surface area contributed by atoms with Gasteiger partial charge in [0, 0.05) is 30.6 Å². The molecule has 0 aliphatic carbocycles. The molecule has 1 aromatic rings. The lowest BCUT2D eigenvalue weighted by Gasteiger charge is -2.37. The summed E-state index contributed by atoms with van der Waals surface area (Å²) in [7, 11) is 0. The first-order valence-electron chi connectivity index (χ1n) is 9.14. The number of anilines is 1. The molecule has 0 bridgehead atoms. The minimum Gasteiger partial charge on any atom is -0.480 e. The Labute approximate surface area is 166 Å². The fourth-order valence-corrected chi connectivity index (χ4v) is 3.18. The number of carboxylic acids is 1. The second-order valence-electron chi connectivity index (χ2n) is 7.84. The molecule has 1 saturated heterocycles. The zero-order valence-corrected chi connectivity index (χ0v) is 17.3. The van der Waals surface area contributed by atoms with Crippen molar-refractivity contribution in [1.29, 1.82) is 0 Å². The summed E-state index contributed by atoms with van der Waals surface area (Å²) in [6.07, 6.45) is 1.73. The standard InChI is InChI=1S/C18H30N4O4.ClH/c1-5-22(12-17(24)25)13-6-8-21(9-7-13)11-15(23)19-16-10-14(20-26-16)18(2,3)4;/h10,13H,5-9,11-12H2,1-4H3,(H,19,23)(H,24,25);1H. The predicted molar refractivity (Wildman–Crippen MR) is 105 cm³/mol. The Balaban J connectivity index is 0.00000364. The lowest BCUT2D eigenvalue weighted by molar-refractivity contribution is -0.139. The molecule has 0 saturated carbocycles. The van der Waals surface area contributed by atoms with Gasteiger partial charge >= 0.3 is 5.97 Å². The Bertz CT molecular complexity index is 621. The summed E-state index contributed by atoms with van der Waals surface area (Å²) in [4.78, 5) is 27.2. The van der Waals surface area contributed by atoms with Crippen LogP contribution in [0.2, 0.25) is 0 Å². The van der Waals surface area contributed by atoms with E-state index in [1.165, 1.54) is 0 Å². The van der Waals surface area contributed by atoms with Crippen molar-refractivity contribution in [2.75, 3.05) is 38.0 Å². The maximum atomic E-state index is 12.2. The van der Waals surface area contributed by atoms with E-state index >= 15 is 0 Å². The number of carboxylic acid groups (broad SMARTS) is 1. The van der Waals surface area contributed by atoms with E-state index in [1.54, 1.807) is 6.07 Å². The van der Waals surface area contributed by atoms with E-state index < -0.39 is 5.97 Å². The second kappa shape index (κ2) is 10.1. The Morgan fingerprint density at radius 2 is 2.00 bits per heavy atom. The van der Waals surface area contributed by atoms with E-state index in [1.807, 2.05) is 32.6 Å². The molecule has 0 unspecified atom stereocenters. The van der Waals surface area contributed by atoms with Gasteiger partial charge < -0.3 is 9.63 Å². The van der Waals surface area contributed by atoms with Crippen molar-refractivity contribution < 1.29 is 19.2 Å². The highest BCUT2D eigenvalue weighted by Crippen LogP contribution is 2.23. The molecule has 27 heavy (non-hydrogen) atoms. The normalized spacial score (nSPS) is 16.2. The van der Waals surface area contributed by atoms with Gasteiger partial charge in [0.05, 0.1) is 18.8 Å². The molecule has 8 nitrogen and oxygen atoms in total. The number of hydrogen-bond acceptors (Lipinski definition) is 6. The van der Waals surface area contributed by atoms with Crippen LogP contribution in [-0.2, 0) is 15.0 Å². The number of hydrogen-bond donors (Lipinski definition) is 2. The molecule has 1 aromatic heterocycles. The number of carbonyl (C=O) groups excluding carboxylic acids is 1. The van der Waals surface area contributed by atoms with Gasteiger partial charge in [-0.25, -0.2) is 0 Å². The van der Waals surface area contributed by atoms with E-state index in [-0.39, 0.29) is 36.3 Å². The van der Waals surface area contributed by atoms with Crippen molar-refractivity contribution in [1.82, 2.24) is 15.0 Å². The molecule has 2 rings (SSSR count). The first-order chi connectivity index (χ1) is 12.2. The van der Waals surface area contributed by atoms with Crippen LogP contribution in [0.5, 0.6) is 0 Å². The predicted octanol–water partition coefficient (Wildman–Crippen LogP) is 2.20. The molecule has 0 spiro atoms. The maximum Gasteiger partial charge on any atom is 0.317 e. The third kappa shape index (κ3) is 7.12. The molecule has 0 atom stereocenters. The summed E-state index contributed by atoms with van der Waals surface area (Å²) < 4.78 is 5.19. The monoisotopic (exact) mass is 402 g/mol. The SMILES string of the molecule is CCN(CC(=O)O)C1CCN(CC(=O)Nc2cc(C(C)(C)C)no2)CC1.Cl. The number of aliphatic carboxylic acids is 1.